The zero-order chi connectivity index (χ0) is 25.3. The number of anilines is 2. The third kappa shape index (κ3) is 6.75. The maximum atomic E-state index is 14.2. The van der Waals surface area contributed by atoms with E-state index in [1.54, 1.807) is 30.1 Å². The topological polar surface area (TPSA) is 70.5 Å². The molecule has 0 bridgehead atoms. The first-order chi connectivity index (χ1) is 16.2. The number of halogens is 3. The Kier molecular flexibility index (Phi) is 9.51. The normalized spacial score (nSPS) is 14.6. The Morgan fingerprint density at radius 3 is 2.56 bits per heavy atom. The fourth-order valence-electron chi connectivity index (χ4n) is 3.36. The number of aromatic hydroxyl groups is 1. The highest BCUT2D eigenvalue weighted by Gasteiger charge is 2.33. The number of nitrogens with one attached hydrogen (secondary N) is 1. The Hall–Kier alpha value is -3.51. The third-order valence-corrected chi connectivity index (χ3v) is 4.93. The molecule has 0 aliphatic carbocycles. The van der Waals surface area contributed by atoms with Gasteiger partial charge in [0.25, 0.3) is 5.92 Å². The number of nitrogens with zero attached hydrogens (tertiary/aromatic N) is 3. The van der Waals surface area contributed by atoms with E-state index in [0.29, 0.717) is 28.9 Å². The monoisotopic (exact) mass is 474 g/mol. The fourth-order valence-corrected chi connectivity index (χ4v) is 3.36. The predicted molar refractivity (Wildman–Crippen MR) is 128 cm³/mol. The van der Waals surface area contributed by atoms with Crippen molar-refractivity contribution in [2.24, 2.45) is 0 Å². The zero-order valence-corrected chi connectivity index (χ0v) is 19.7. The molecule has 0 unspecified atom stereocenters. The van der Waals surface area contributed by atoms with E-state index in [1.165, 1.54) is 25.6 Å². The van der Waals surface area contributed by atoms with Crippen molar-refractivity contribution in [3.05, 3.63) is 48.0 Å². The highest BCUT2D eigenvalue weighted by atomic mass is 19.3. The Morgan fingerprint density at radius 1 is 1.24 bits per heavy atom. The van der Waals surface area contributed by atoms with Gasteiger partial charge in [0.05, 0.1) is 30.4 Å². The number of phenolic OH excluding ortho intramolecular Hbond substituents is 1. The minimum Gasteiger partial charge on any atom is -0.504 e. The number of alkyl halides is 2. The molecule has 1 aromatic heterocycles. The number of rotatable bonds is 3. The van der Waals surface area contributed by atoms with Gasteiger partial charge in [-0.3, -0.25) is 0 Å². The SMILES string of the molecule is C#Cc1cccc(Nc2ncnc3cc(OC)c(O)cc23)c1F.CC.CN1CCCC(F)(F)C1. The van der Waals surface area contributed by atoms with E-state index in [0.717, 1.165) is 6.54 Å². The average Bonchev–Trinajstić information content (AvgIpc) is 2.81. The van der Waals surface area contributed by atoms with Crippen molar-refractivity contribution in [2.75, 3.05) is 32.6 Å². The molecular formula is C25H29F3N4O2. The van der Waals surface area contributed by atoms with Crippen molar-refractivity contribution < 1.29 is 23.0 Å². The number of terminal acetylenes is 1. The van der Waals surface area contributed by atoms with Gasteiger partial charge in [-0.2, -0.15) is 0 Å². The highest BCUT2D eigenvalue weighted by molar-refractivity contribution is 5.93. The molecule has 0 radical (unpaired) electrons. The van der Waals surface area contributed by atoms with Gasteiger partial charge in [-0.15, -0.1) is 6.42 Å². The summed E-state index contributed by atoms with van der Waals surface area (Å²) in [5, 5.41) is 13.3. The van der Waals surface area contributed by atoms with Crippen molar-refractivity contribution in [3.63, 3.8) is 0 Å². The van der Waals surface area contributed by atoms with Crippen LogP contribution in [0, 0.1) is 18.2 Å². The minimum absolute atomic E-state index is 0.0595. The van der Waals surface area contributed by atoms with Crippen molar-refractivity contribution in [1.29, 1.82) is 0 Å². The summed E-state index contributed by atoms with van der Waals surface area (Å²) in [4.78, 5) is 9.89. The molecule has 2 heterocycles. The molecule has 0 spiro atoms. The predicted octanol–water partition coefficient (Wildman–Crippen LogP) is 5.58. The van der Waals surface area contributed by atoms with Gasteiger partial charge in [0.2, 0.25) is 0 Å². The highest BCUT2D eigenvalue weighted by Crippen LogP contribution is 2.34. The number of likely N-dealkylation sites (tertiary alicyclic amines) is 1. The molecule has 2 N–H and O–H groups in total. The van der Waals surface area contributed by atoms with Crippen LogP contribution in [0.15, 0.2) is 36.7 Å². The first kappa shape index (κ1) is 26.7. The van der Waals surface area contributed by atoms with Crippen LogP contribution in [-0.4, -0.2) is 53.1 Å². The first-order valence-electron chi connectivity index (χ1n) is 10.8. The van der Waals surface area contributed by atoms with Gasteiger partial charge in [0, 0.05) is 17.9 Å². The molecule has 0 atom stereocenters. The number of hydrogen-bond donors (Lipinski definition) is 2. The zero-order valence-electron chi connectivity index (χ0n) is 19.7. The van der Waals surface area contributed by atoms with E-state index < -0.39 is 11.7 Å². The smallest absolute Gasteiger partial charge is 0.260 e. The molecule has 1 fully saturated rings. The average molecular weight is 475 g/mol. The lowest BCUT2D eigenvalue weighted by molar-refractivity contribution is -0.0571. The van der Waals surface area contributed by atoms with E-state index in [2.05, 4.69) is 21.2 Å². The fraction of sp³-hybridized carbons (Fsp3) is 0.360. The lowest BCUT2D eigenvalue weighted by Crippen LogP contribution is -2.39. The van der Waals surface area contributed by atoms with Gasteiger partial charge < -0.3 is 20.1 Å². The summed E-state index contributed by atoms with van der Waals surface area (Å²) < 4.78 is 44.1. The molecule has 3 aromatic rings. The summed E-state index contributed by atoms with van der Waals surface area (Å²) in [5.74, 6) is -0.104. The van der Waals surface area contributed by atoms with Crippen LogP contribution in [0.5, 0.6) is 11.5 Å². The standard InChI is InChI=1S/C17H12FN3O2.C6H11F2N.C2H6/c1-3-10-5-4-6-12(16(10)18)21-17-11-7-14(22)15(23-2)8-13(11)19-9-20-17;1-9-4-2-3-6(7,8)5-9;1-2/h1,4-9,22H,2H3,(H,19,20,21);2-5H2,1H3;1-2H3. The van der Waals surface area contributed by atoms with Gasteiger partial charge in [-0.25, -0.2) is 23.1 Å². The van der Waals surface area contributed by atoms with Crippen LogP contribution in [0.3, 0.4) is 0 Å². The Balaban J connectivity index is 0.000000311. The van der Waals surface area contributed by atoms with Crippen LogP contribution in [-0.2, 0) is 0 Å². The van der Waals surface area contributed by atoms with Crippen molar-refractivity contribution in [2.45, 2.75) is 32.6 Å². The molecule has 34 heavy (non-hydrogen) atoms. The molecule has 1 saturated heterocycles. The number of aromatic nitrogens is 2. The van der Waals surface area contributed by atoms with Gasteiger partial charge in [-0.1, -0.05) is 25.8 Å². The van der Waals surface area contributed by atoms with Crippen LogP contribution in [0.2, 0.25) is 0 Å². The number of piperidine rings is 1. The maximum Gasteiger partial charge on any atom is 0.260 e. The van der Waals surface area contributed by atoms with E-state index in [1.807, 2.05) is 13.8 Å². The van der Waals surface area contributed by atoms with E-state index in [-0.39, 0.29) is 30.0 Å². The van der Waals surface area contributed by atoms with Crippen molar-refractivity contribution in [1.82, 2.24) is 14.9 Å². The molecule has 0 amide bonds. The van der Waals surface area contributed by atoms with E-state index in [4.69, 9.17) is 11.2 Å². The number of hydrogen-bond acceptors (Lipinski definition) is 6. The lowest BCUT2D eigenvalue weighted by Gasteiger charge is -2.28. The van der Waals surface area contributed by atoms with Crippen LogP contribution in [0.25, 0.3) is 10.9 Å². The Bertz CT molecular complexity index is 1150. The minimum atomic E-state index is -2.42. The molecule has 9 heteroatoms. The van der Waals surface area contributed by atoms with Gasteiger partial charge in [-0.05, 0) is 38.2 Å². The number of methoxy groups -OCH3 is 1. The lowest BCUT2D eigenvalue weighted by atomic mass is 10.1. The summed E-state index contributed by atoms with van der Waals surface area (Å²) in [6.07, 6.45) is 7.30. The summed E-state index contributed by atoms with van der Waals surface area (Å²) >= 11 is 0. The quantitative estimate of drug-likeness (QED) is 0.483. The molecule has 1 aliphatic heterocycles. The summed E-state index contributed by atoms with van der Waals surface area (Å²) in [6, 6.07) is 7.73. The molecule has 182 valence electrons. The summed E-state index contributed by atoms with van der Waals surface area (Å²) in [6.45, 7) is 4.75. The van der Waals surface area contributed by atoms with Crippen molar-refractivity contribution >= 4 is 22.4 Å². The molecule has 4 rings (SSSR count). The largest absolute Gasteiger partial charge is 0.504 e. The third-order valence-electron chi connectivity index (χ3n) is 4.93. The number of fused-ring (bicyclic) bond motifs is 1. The van der Waals surface area contributed by atoms with E-state index in [9.17, 15) is 18.3 Å². The Labute approximate surface area is 197 Å². The maximum absolute atomic E-state index is 14.2. The number of benzene rings is 2. The van der Waals surface area contributed by atoms with Crippen LogP contribution in [0.1, 0.15) is 32.3 Å². The number of phenols is 1. The summed E-state index contributed by atoms with van der Waals surface area (Å²) in [7, 11) is 3.18. The van der Waals surface area contributed by atoms with Crippen LogP contribution < -0.4 is 10.1 Å². The second-order valence-electron chi connectivity index (χ2n) is 7.40. The van der Waals surface area contributed by atoms with Crippen LogP contribution in [0.4, 0.5) is 24.7 Å². The second kappa shape index (κ2) is 12.1. The Morgan fingerprint density at radius 2 is 1.97 bits per heavy atom. The molecule has 6 nitrogen and oxygen atoms in total. The first-order valence-corrected chi connectivity index (χ1v) is 10.8. The van der Waals surface area contributed by atoms with Gasteiger partial charge in [0.1, 0.15) is 12.1 Å². The van der Waals surface area contributed by atoms with Gasteiger partial charge >= 0.3 is 0 Å². The second-order valence-corrected chi connectivity index (χ2v) is 7.40. The number of ether oxygens (including phenoxy) is 1. The molecule has 1 aliphatic rings. The van der Waals surface area contributed by atoms with Crippen LogP contribution >= 0.6 is 0 Å². The molecule has 0 saturated carbocycles. The molecule has 2 aromatic carbocycles. The van der Waals surface area contributed by atoms with Gasteiger partial charge in [0.15, 0.2) is 17.3 Å². The van der Waals surface area contributed by atoms with E-state index >= 15 is 0 Å². The van der Waals surface area contributed by atoms with Crippen molar-refractivity contribution in [3.8, 4) is 23.8 Å². The molecular weight excluding hydrogens is 445 g/mol. The summed E-state index contributed by atoms with van der Waals surface area (Å²) in [5.41, 5.74) is 0.888.